The molecule has 78 valence electrons. The van der Waals surface area contributed by atoms with Gasteiger partial charge >= 0.3 is 5.91 Å². The second kappa shape index (κ2) is 4.78. The van der Waals surface area contributed by atoms with Crippen molar-refractivity contribution in [2.75, 3.05) is 6.61 Å². The van der Waals surface area contributed by atoms with E-state index in [1.165, 1.54) is 0 Å². The van der Waals surface area contributed by atoms with E-state index < -0.39 is 5.91 Å². The number of hydrogen-bond acceptors (Lipinski definition) is 4. The number of nitrogen functional groups attached to an aromatic ring is 1. The van der Waals surface area contributed by atoms with Crippen LogP contribution < -0.4 is 11.3 Å². The lowest BCUT2D eigenvalue weighted by Crippen LogP contribution is -2.30. The number of hydrazine groups is 1. The maximum absolute atomic E-state index is 11.2. The Morgan fingerprint density at radius 3 is 3.00 bits per heavy atom. The van der Waals surface area contributed by atoms with Crippen molar-refractivity contribution in [3.05, 3.63) is 23.2 Å². The van der Waals surface area contributed by atoms with Crippen molar-refractivity contribution >= 4 is 5.91 Å². The van der Waals surface area contributed by atoms with Gasteiger partial charge in [0.25, 0.3) is 0 Å². The molecule has 1 aromatic rings. The molecule has 5 nitrogen and oxygen atoms in total. The topological polar surface area (TPSA) is 77.5 Å². The number of furan rings is 1. The molecule has 1 aromatic heterocycles. The summed E-state index contributed by atoms with van der Waals surface area (Å²) in [7, 11) is 0. The van der Waals surface area contributed by atoms with Gasteiger partial charge in [0, 0.05) is 12.2 Å². The molecule has 0 saturated heterocycles. The van der Waals surface area contributed by atoms with Gasteiger partial charge < -0.3 is 9.15 Å². The smallest absolute Gasteiger partial charge is 0.301 e. The van der Waals surface area contributed by atoms with Gasteiger partial charge in [-0.2, -0.15) is 0 Å². The van der Waals surface area contributed by atoms with E-state index in [-0.39, 0.29) is 5.76 Å². The van der Waals surface area contributed by atoms with Crippen molar-refractivity contribution in [1.29, 1.82) is 0 Å². The summed E-state index contributed by atoms with van der Waals surface area (Å²) < 4.78 is 10.4. The van der Waals surface area contributed by atoms with E-state index >= 15 is 0 Å². The molecule has 0 aliphatic heterocycles. The van der Waals surface area contributed by atoms with Gasteiger partial charge in [-0.3, -0.25) is 10.2 Å². The van der Waals surface area contributed by atoms with E-state index in [1.54, 1.807) is 13.0 Å². The second-order valence-electron chi connectivity index (χ2n) is 2.84. The zero-order chi connectivity index (χ0) is 10.6. The van der Waals surface area contributed by atoms with E-state index in [2.05, 4.69) is 0 Å². The summed E-state index contributed by atoms with van der Waals surface area (Å²) in [5.41, 5.74) is 2.77. The quantitative estimate of drug-likeness (QED) is 0.424. The van der Waals surface area contributed by atoms with Crippen molar-refractivity contribution in [3.8, 4) is 0 Å². The monoisotopic (exact) mass is 198 g/mol. The van der Waals surface area contributed by atoms with Crippen LogP contribution >= 0.6 is 0 Å². The first-order valence-electron chi connectivity index (χ1n) is 4.37. The lowest BCUT2D eigenvalue weighted by Gasteiger charge is -1.97. The normalized spacial score (nSPS) is 10.2. The standard InChI is InChI=1S/C9H14N2O3/c1-3-13-5-7-4-6(2)8(14-7)9(12)11-10/h4H,3,5,10H2,1-2H3,(H,11,12). The molecule has 0 saturated carbocycles. The highest BCUT2D eigenvalue weighted by molar-refractivity contribution is 5.92. The largest absolute Gasteiger partial charge is 0.453 e. The summed E-state index contributed by atoms with van der Waals surface area (Å²) >= 11 is 0. The minimum Gasteiger partial charge on any atom is -0.453 e. The lowest BCUT2D eigenvalue weighted by atomic mass is 10.2. The fourth-order valence-corrected chi connectivity index (χ4v) is 1.11. The molecule has 1 rings (SSSR count). The van der Waals surface area contributed by atoms with Gasteiger partial charge in [0.2, 0.25) is 0 Å². The number of amides is 1. The van der Waals surface area contributed by atoms with Crippen molar-refractivity contribution in [1.82, 2.24) is 5.43 Å². The molecular weight excluding hydrogens is 184 g/mol. The van der Waals surface area contributed by atoms with Crippen molar-refractivity contribution < 1.29 is 13.9 Å². The summed E-state index contributed by atoms with van der Waals surface area (Å²) in [5.74, 6) is 5.43. The van der Waals surface area contributed by atoms with Gasteiger partial charge in [-0.1, -0.05) is 0 Å². The van der Waals surface area contributed by atoms with Gasteiger partial charge in [0.1, 0.15) is 12.4 Å². The van der Waals surface area contributed by atoms with Gasteiger partial charge in [-0.15, -0.1) is 0 Å². The minimum atomic E-state index is -0.426. The molecule has 0 atom stereocenters. The van der Waals surface area contributed by atoms with Crippen LogP contribution in [0.15, 0.2) is 10.5 Å². The first kappa shape index (κ1) is 10.7. The molecule has 0 radical (unpaired) electrons. The zero-order valence-corrected chi connectivity index (χ0v) is 8.29. The third-order valence-corrected chi connectivity index (χ3v) is 1.75. The van der Waals surface area contributed by atoms with Gasteiger partial charge in [0.05, 0.1) is 0 Å². The second-order valence-corrected chi connectivity index (χ2v) is 2.84. The lowest BCUT2D eigenvalue weighted by molar-refractivity contribution is 0.0905. The Labute approximate surface area is 82.2 Å². The van der Waals surface area contributed by atoms with Gasteiger partial charge in [0.15, 0.2) is 5.76 Å². The van der Waals surface area contributed by atoms with Crippen LogP contribution in [-0.4, -0.2) is 12.5 Å². The van der Waals surface area contributed by atoms with Gasteiger partial charge in [-0.05, 0) is 19.9 Å². The maximum Gasteiger partial charge on any atom is 0.301 e. The number of carbonyl (C=O) groups excluding carboxylic acids is 1. The van der Waals surface area contributed by atoms with E-state index in [0.29, 0.717) is 19.0 Å². The molecule has 0 aliphatic rings. The highest BCUT2D eigenvalue weighted by Gasteiger charge is 2.14. The zero-order valence-electron chi connectivity index (χ0n) is 8.29. The van der Waals surface area contributed by atoms with E-state index in [9.17, 15) is 4.79 Å². The molecule has 0 fully saturated rings. The summed E-state index contributed by atoms with van der Waals surface area (Å²) in [4.78, 5) is 11.2. The number of carbonyl (C=O) groups is 1. The highest BCUT2D eigenvalue weighted by Crippen LogP contribution is 2.15. The number of rotatable bonds is 4. The third-order valence-electron chi connectivity index (χ3n) is 1.75. The predicted octanol–water partition coefficient (Wildman–Crippen LogP) is 0.728. The Balaban J connectivity index is 2.77. The van der Waals surface area contributed by atoms with E-state index in [4.69, 9.17) is 15.0 Å². The Morgan fingerprint density at radius 2 is 2.43 bits per heavy atom. The Bertz CT molecular complexity index is 320. The molecule has 0 aromatic carbocycles. The third kappa shape index (κ3) is 2.34. The Morgan fingerprint density at radius 1 is 1.71 bits per heavy atom. The molecule has 1 heterocycles. The highest BCUT2D eigenvalue weighted by atomic mass is 16.5. The Hall–Kier alpha value is -1.33. The van der Waals surface area contributed by atoms with Crippen LogP contribution in [0.2, 0.25) is 0 Å². The van der Waals surface area contributed by atoms with Crippen molar-refractivity contribution in [2.24, 2.45) is 5.84 Å². The van der Waals surface area contributed by atoms with Crippen LogP contribution in [0.3, 0.4) is 0 Å². The number of ether oxygens (including phenoxy) is 1. The average Bonchev–Trinajstić information content (AvgIpc) is 2.55. The molecule has 3 N–H and O–H groups in total. The number of hydrogen-bond donors (Lipinski definition) is 2. The van der Waals surface area contributed by atoms with Crippen LogP contribution in [0.1, 0.15) is 28.8 Å². The fraction of sp³-hybridized carbons (Fsp3) is 0.444. The Kier molecular flexibility index (Phi) is 3.67. The molecule has 0 bridgehead atoms. The fourth-order valence-electron chi connectivity index (χ4n) is 1.11. The molecule has 5 heteroatoms. The number of nitrogens with two attached hydrogens (primary N) is 1. The first-order valence-corrected chi connectivity index (χ1v) is 4.37. The van der Waals surface area contributed by atoms with Crippen LogP contribution in [-0.2, 0) is 11.3 Å². The van der Waals surface area contributed by atoms with Crippen LogP contribution in [0.25, 0.3) is 0 Å². The van der Waals surface area contributed by atoms with Gasteiger partial charge in [-0.25, -0.2) is 5.84 Å². The van der Waals surface area contributed by atoms with Crippen LogP contribution in [0, 0.1) is 6.92 Å². The molecule has 14 heavy (non-hydrogen) atoms. The summed E-state index contributed by atoms with van der Waals surface area (Å²) in [6, 6.07) is 1.76. The van der Waals surface area contributed by atoms with Crippen molar-refractivity contribution in [2.45, 2.75) is 20.5 Å². The minimum absolute atomic E-state index is 0.238. The SMILES string of the molecule is CCOCc1cc(C)c(C(=O)NN)o1. The molecule has 0 aliphatic carbocycles. The van der Waals surface area contributed by atoms with Crippen molar-refractivity contribution in [3.63, 3.8) is 0 Å². The number of nitrogens with one attached hydrogen (secondary N) is 1. The maximum atomic E-state index is 11.2. The van der Waals surface area contributed by atoms with Crippen LogP contribution in [0.5, 0.6) is 0 Å². The summed E-state index contributed by atoms with van der Waals surface area (Å²) in [5, 5.41) is 0. The molecule has 0 unspecified atom stereocenters. The summed E-state index contributed by atoms with van der Waals surface area (Å²) in [6.45, 7) is 4.65. The van der Waals surface area contributed by atoms with E-state index in [0.717, 1.165) is 5.56 Å². The van der Waals surface area contributed by atoms with E-state index in [1.807, 2.05) is 12.3 Å². The summed E-state index contributed by atoms with van der Waals surface area (Å²) in [6.07, 6.45) is 0. The molecule has 1 amide bonds. The first-order chi connectivity index (χ1) is 6.69. The number of aryl methyl sites for hydroxylation is 1. The van der Waals surface area contributed by atoms with Crippen LogP contribution in [0.4, 0.5) is 0 Å². The molecular formula is C9H14N2O3. The average molecular weight is 198 g/mol. The predicted molar refractivity (Wildman–Crippen MR) is 50.4 cm³/mol. The molecule has 0 spiro atoms.